The Morgan fingerprint density at radius 2 is 2.44 bits per heavy atom. The van der Waals surface area contributed by atoms with Crippen LogP contribution in [0.25, 0.3) is 0 Å². The monoisotopic (exact) mass is 245 g/mol. The van der Waals surface area contributed by atoms with Crippen LogP contribution in [0.2, 0.25) is 0 Å². The Bertz CT molecular complexity index is 338. The molecule has 1 N–H and O–H groups in total. The lowest BCUT2D eigenvalue weighted by atomic mass is 10.2. The van der Waals surface area contributed by atoms with Crippen molar-refractivity contribution in [3.8, 4) is 0 Å². The topological polar surface area (TPSA) is 51.5 Å². The van der Waals surface area contributed by atoms with Crippen molar-refractivity contribution in [2.24, 2.45) is 0 Å². The average molecular weight is 246 g/mol. The van der Waals surface area contributed by atoms with E-state index in [9.17, 15) is 4.79 Å². The molecule has 0 radical (unpaired) electrons. The molecule has 0 aliphatic heterocycles. The molecule has 1 atom stereocenters. The molecule has 0 aromatic carbocycles. The molecule has 0 aliphatic rings. The fourth-order valence-corrected chi connectivity index (χ4v) is 1.57. The van der Waals surface area contributed by atoms with Gasteiger partial charge in [-0.2, -0.15) is 0 Å². The molecule has 90 valence electrons. The Labute approximate surface area is 99.9 Å². The van der Waals surface area contributed by atoms with Gasteiger partial charge in [0.15, 0.2) is 0 Å². The molecular weight excluding hydrogens is 230 g/mol. The number of hydrogen-bond donors (Lipinski definition) is 1. The Hall–Kier alpha value is -1.00. The number of methoxy groups -OCH3 is 1. The highest BCUT2D eigenvalue weighted by atomic mass is 35.5. The van der Waals surface area contributed by atoms with Crippen molar-refractivity contribution in [2.75, 3.05) is 19.6 Å². The largest absolute Gasteiger partial charge is 0.469 e. The van der Waals surface area contributed by atoms with Gasteiger partial charge in [0.2, 0.25) is 0 Å². The van der Waals surface area contributed by atoms with E-state index in [1.54, 1.807) is 13.2 Å². The standard InChI is InChI=1S/C11H16ClNO3/c1-3-10-9(4-5-16-10)11(14)13-8(6-12)7-15-2/h4-5,8H,3,6-7H2,1-2H3,(H,13,14). The second-order valence-electron chi connectivity index (χ2n) is 3.39. The summed E-state index contributed by atoms with van der Waals surface area (Å²) in [5, 5.41) is 2.79. The lowest BCUT2D eigenvalue weighted by Crippen LogP contribution is -2.39. The predicted octanol–water partition coefficient (Wildman–Crippen LogP) is 1.83. The molecular formula is C11H16ClNO3. The van der Waals surface area contributed by atoms with Crippen LogP contribution in [0.4, 0.5) is 0 Å². The van der Waals surface area contributed by atoms with Crippen LogP contribution in [0.1, 0.15) is 23.0 Å². The van der Waals surface area contributed by atoms with E-state index >= 15 is 0 Å². The second-order valence-corrected chi connectivity index (χ2v) is 3.70. The zero-order valence-electron chi connectivity index (χ0n) is 9.46. The van der Waals surface area contributed by atoms with E-state index in [0.29, 0.717) is 30.2 Å². The minimum Gasteiger partial charge on any atom is -0.469 e. The first-order valence-corrected chi connectivity index (χ1v) is 5.68. The van der Waals surface area contributed by atoms with Gasteiger partial charge < -0.3 is 14.5 Å². The minimum absolute atomic E-state index is 0.173. The molecule has 4 nitrogen and oxygen atoms in total. The molecule has 1 rings (SSSR count). The maximum Gasteiger partial charge on any atom is 0.255 e. The molecule has 5 heteroatoms. The van der Waals surface area contributed by atoms with E-state index in [0.717, 1.165) is 0 Å². The van der Waals surface area contributed by atoms with Crippen LogP contribution < -0.4 is 5.32 Å². The number of carbonyl (C=O) groups is 1. The Balaban J connectivity index is 2.64. The first kappa shape index (κ1) is 13.1. The second kappa shape index (κ2) is 6.55. The molecule has 1 amide bonds. The third kappa shape index (κ3) is 3.25. The van der Waals surface area contributed by atoms with Crippen molar-refractivity contribution in [1.29, 1.82) is 0 Å². The summed E-state index contributed by atoms with van der Waals surface area (Å²) in [6, 6.07) is 1.48. The molecule has 0 saturated carbocycles. The SMILES string of the molecule is CCc1occc1C(=O)NC(CCl)COC. The van der Waals surface area contributed by atoms with Crippen molar-refractivity contribution in [1.82, 2.24) is 5.32 Å². The van der Waals surface area contributed by atoms with Gasteiger partial charge in [0.25, 0.3) is 5.91 Å². The van der Waals surface area contributed by atoms with Crippen LogP contribution in [0, 0.1) is 0 Å². The van der Waals surface area contributed by atoms with Crippen LogP contribution in [-0.4, -0.2) is 31.5 Å². The average Bonchev–Trinajstić information content (AvgIpc) is 2.76. The van der Waals surface area contributed by atoms with Gasteiger partial charge in [-0.3, -0.25) is 4.79 Å². The number of alkyl halides is 1. The van der Waals surface area contributed by atoms with E-state index in [1.807, 2.05) is 6.92 Å². The fourth-order valence-electron chi connectivity index (χ4n) is 1.41. The van der Waals surface area contributed by atoms with E-state index in [2.05, 4.69) is 5.32 Å². The van der Waals surface area contributed by atoms with Crippen LogP contribution in [0.15, 0.2) is 16.7 Å². The van der Waals surface area contributed by atoms with Gasteiger partial charge in [-0.25, -0.2) is 0 Å². The highest BCUT2D eigenvalue weighted by Gasteiger charge is 2.16. The number of hydrogen-bond acceptors (Lipinski definition) is 3. The first-order chi connectivity index (χ1) is 7.72. The number of nitrogens with one attached hydrogen (secondary N) is 1. The van der Waals surface area contributed by atoms with Gasteiger partial charge in [-0.15, -0.1) is 11.6 Å². The quantitative estimate of drug-likeness (QED) is 0.778. The molecule has 0 bridgehead atoms. The van der Waals surface area contributed by atoms with E-state index in [4.69, 9.17) is 20.8 Å². The van der Waals surface area contributed by atoms with E-state index in [1.165, 1.54) is 6.26 Å². The van der Waals surface area contributed by atoms with Crippen LogP contribution in [-0.2, 0) is 11.2 Å². The summed E-state index contributed by atoms with van der Waals surface area (Å²) in [7, 11) is 1.57. The molecule has 1 aromatic heterocycles. The van der Waals surface area contributed by atoms with Gasteiger partial charge in [0, 0.05) is 19.4 Å². The van der Waals surface area contributed by atoms with Crippen molar-refractivity contribution < 1.29 is 13.9 Å². The molecule has 0 spiro atoms. The van der Waals surface area contributed by atoms with Gasteiger partial charge in [0.05, 0.1) is 24.5 Å². The summed E-state index contributed by atoms with van der Waals surface area (Å²) in [6.45, 7) is 2.33. The lowest BCUT2D eigenvalue weighted by molar-refractivity contribution is 0.0905. The zero-order chi connectivity index (χ0) is 12.0. The molecule has 0 saturated heterocycles. The number of amides is 1. The number of carbonyl (C=O) groups excluding carboxylic acids is 1. The van der Waals surface area contributed by atoms with Crippen molar-refractivity contribution in [3.05, 3.63) is 23.7 Å². The minimum atomic E-state index is -0.182. The summed E-state index contributed by atoms with van der Waals surface area (Å²) in [4.78, 5) is 11.8. The van der Waals surface area contributed by atoms with Gasteiger partial charge >= 0.3 is 0 Å². The molecule has 1 heterocycles. The lowest BCUT2D eigenvalue weighted by Gasteiger charge is -2.14. The number of rotatable bonds is 6. The molecule has 16 heavy (non-hydrogen) atoms. The summed E-state index contributed by atoms with van der Waals surface area (Å²) < 4.78 is 10.1. The molecule has 0 aliphatic carbocycles. The Kier molecular flexibility index (Phi) is 5.35. The third-order valence-electron chi connectivity index (χ3n) is 2.20. The number of ether oxygens (including phenoxy) is 1. The molecule has 1 aromatic rings. The normalized spacial score (nSPS) is 12.4. The number of aryl methyl sites for hydroxylation is 1. The molecule has 1 unspecified atom stereocenters. The van der Waals surface area contributed by atoms with Crippen molar-refractivity contribution >= 4 is 17.5 Å². The smallest absolute Gasteiger partial charge is 0.255 e. The first-order valence-electron chi connectivity index (χ1n) is 5.15. The molecule has 0 fully saturated rings. The van der Waals surface area contributed by atoms with Gasteiger partial charge in [-0.1, -0.05) is 6.92 Å². The summed E-state index contributed by atoms with van der Waals surface area (Å²) in [5.74, 6) is 0.829. The fraction of sp³-hybridized carbons (Fsp3) is 0.545. The van der Waals surface area contributed by atoms with Crippen LogP contribution >= 0.6 is 11.6 Å². The summed E-state index contributed by atoms with van der Waals surface area (Å²) in [5.41, 5.74) is 0.564. The maximum atomic E-state index is 11.8. The predicted molar refractivity (Wildman–Crippen MR) is 61.9 cm³/mol. The summed E-state index contributed by atoms with van der Waals surface area (Å²) >= 11 is 5.71. The third-order valence-corrected chi connectivity index (χ3v) is 2.57. The van der Waals surface area contributed by atoms with Crippen molar-refractivity contribution in [2.45, 2.75) is 19.4 Å². The number of furan rings is 1. The highest BCUT2D eigenvalue weighted by molar-refractivity contribution is 6.18. The number of halogens is 1. The Morgan fingerprint density at radius 1 is 1.69 bits per heavy atom. The van der Waals surface area contributed by atoms with E-state index < -0.39 is 0 Å². The van der Waals surface area contributed by atoms with Crippen molar-refractivity contribution in [3.63, 3.8) is 0 Å². The summed E-state index contributed by atoms with van der Waals surface area (Å²) in [6.07, 6.45) is 2.20. The van der Waals surface area contributed by atoms with Crippen LogP contribution in [0.5, 0.6) is 0 Å². The maximum absolute atomic E-state index is 11.8. The zero-order valence-corrected chi connectivity index (χ0v) is 10.2. The highest BCUT2D eigenvalue weighted by Crippen LogP contribution is 2.11. The van der Waals surface area contributed by atoms with Gasteiger partial charge in [-0.05, 0) is 6.07 Å². The Morgan fingerprint density at radius 3 is 3.00 bits per heavy atom. The van der Waals surface area contributed by atoms with E-state index in [-0.39, 0.29) is 11.9 Å². The van der Waals surface area contributed by atoms with Gasteiger partial charge in [0.1, 0.15) is 5.76 Å². The van der Waals surface area contributed by atoms with Crippen LogP contribution in [0.3, 0.4) is 0 Å².